The molecular formula is C18H18Cl2N2O. The normalized spacial score (nSPS) is 15.1. The summed E-state index contributed by atoms with van der Waals surface area (Å²) in [5.74, 6) is -0.0859. The molecule has 0 saturated heterocycles. The number of halogens is 2. The molecule has 3 rings (SSSR count). The third kappa shape index (κ3) is 3.31. The highest BCUT2D eigenvalue weighted by molar-refractivity contribution is 6.35. The summed E-state index contributed by atoms with van der Waals surface area (Å²) >= 11 is 12.3. The number of amides is 1. The topological polar surface area (TPSA) is 32.3 Å². The number of benzene rings is 2. The van der Waals surface area contributed by atoms with E-state index in [0.29, 0.717) is 15.6 Å². The molecule has 0 aliphatic heterocycles. The Morgan fingerprint density at radius 3 is 2.48 bits per heavy atom. The number of carbonyl (C=O) groups is 1. The van der Waals surface area contributed by atoms with Crippen molar-refractivity contribution in [2.45, 2.75) is 18.4 Å². The smallest absolute Gasteiger partial charge is 0.252 e. The molecule has 0 unspecified atom stereocenters. The number of carbonyl (C=O) groups excluding carboxylic acids is 1. The van der Waals surface area contributed by atoms with E-state index in [4.69, 9.17) is 23.2 Å². The van der Waals surface area contributed by atoms with E-state index >= 15 is 0 Å². The minimum Gasteiger partial charge on any atom is -0.378 e. The molecule has 3 nitrogen and oxygen atoms in total. The van der Waals surface area contributed by atoms with Crippen LogP contribution in [0.4, 0.5) is 5.69 Å². The zero-order valence-electron chi connectivity index (χ0n) is 13.1. The number of nitrogens with one attached hydrogen (secondary N) is 1. The van der Waals surface area contributed by atoms with E-state index in [2.05, 4.69) is 5.32 Å². The maximum atomic E-state index is 12.6. The third-order valence-corrected chi connectivity index (χ3v) is 4.72. The fraction of sp³-hybridized carbons (Fsp3) is 0.278. The maximum absolute atomic E-state index is 12.6. The zero-order valence-corrected chi connectivity index (χ0v) is 14.6. The number of hydrogen-bond acceptors (Lipinski definition) is 2. The van der Waals surface area contributed by atoms with Crippen molar-refractivity contribution in [3.63, 3.8) is 0 Å². The van der Waals surface area contributed by atoms with Crippen LogP contribution in [-0.4, -0.2) is 20.0 Å². The average Bonchev–Trinajstić information content (AvgIpc) is 3.27. The van der Waals surface area contributed by atoms with Crippen LogP contribution in [0.5, 0.6) is 0 Å². The second-order valence-electron chi connectivity index (χ2n) is 6.11. The Labute approximate surface area is 146 Å². The summed E-state index contributed by atoms with van der Waals surface area (Å²) in [5, 5.41) is 4.33. The molecule has 0 heterocycles. The number of hydrogen-bond donors (Lipinski definition) is 1. The van der Waals surface area contributed by atoms with Gasteiger partial charge in [0.15, 0.2) is 0 Å². The van der Waals surface area contributed by atoms with Crippen LogP contribution in [-0.2, 0) is 5.54 Å². The van der Waals surface area contributed by atoms with E-state index < -0.39 is 0 Å². The molecule has 1 saturated carbocycles. The van der Waals surface area contributed by atoms with Gasteiger partial charge in [0.05, 0.1) is 5.54 Å². The largest absolute Gasteiger partial charge is 0.378 e. The summed E-state index contributed by atoms with van der Waals surface area (Å²) < 4.78 is 0. The summed E-state index contributed by atoms with van der Waals surface area (Å²) in [6, 6.07) is 13.0. The van der Waals surface area contributed by atoms with Crippen molar-refractivity contribution in [3.05, 3.63) is 63.6 Å². The lowest BCUT2D eigenvalue weighted by molar-refractivity contribution is 0.0931. The molecule has 0 atom stereocenters. The van der Waals surface area contributed by atoms with Gasteiger partial charge in [-0.3, -0.25) is 4.79 Å². The Kier molecular flexibility index (Phi) is 4.26. The SMILES string of the molecule is CN(C)c1cccc(C(=O)NC2(c3ccc(Cl)cc3Cl)CC2)c1. The Bertz CT molecular complexity index is 754. The molecule has 0 spiro atoms. The zero-order chi connectivity index (χ0) is 16.6. The molecule has 23 heavy (non-hydrogen) atoms. The van der Waals surface area contributed by atoms with E-state index in [1.165, 1.54) is 0 Å². The standard InChI is InChI=1S/C18H18Cl2N2O/c1-22(2)14-5-3-4-12(10-14)17(23)21-18(8-9-18)15-7-6-13(19)11-16(15)20/h3-7,10-11H,8-9H2,1-2H3,(H,21,23). The molecule has 0 radical (unpaired) electrons. The van der Waals surface area contributed by atoms with Crippen LogP contribution in [0.1, 0.15) is 28.8 Å². The van der Waals surface area contributed by atoms with Gasteiger partial charge in [0, 0.05) is 35.4 Å². The van der Waals surface area contributed by atoms with E-state index in [9.17, 15) is 4.79 Å². The van der Waals surface area contributed by atoms with Gasteiger partial charge in [0.1, 0.15) is 0 Å². The predicted octanol–water partition coefficient (Wildman–Crippen LogP) is 4.48. The lowest BCUT2D eigenvalue weighted by atomic mass is 10.0. The summed E-state index contributed by atoms with van der Waals surface area (Å²) in [6.45, 7) is 0. The Hall–Kier alpha value is -1.71. The highest BCUT2D eigenvalue weighted by Crippen LogP contribution is 2.48. The first kappa shape index (κ1) is 16.2. The summed E-state index contributed by atoms with van der Waals surface area (Å²) in [5.41, 5.74) is 2.20. The van der Waals surface area contributed by atoms with Gasteiger partial charge in [-0.05, 0) is 48.7 Å². The van der Waals surface area contributed by atoms with Gasteiger partial charge in [-0.1, -0.05) is 35.3 Å². The van der Waals surface area contributed by atoms with Gasteiger partial charge in [-0.2, -0.15) is 0 Å². The van der Waals surface area contributed by atoms with Crippen molar-refractivity contribution in [2.75, 3.05) is 19.0 Å². The molecule has 2 aromatic carbocycles. The molecule has 1 amide bonds. The van der Waals surface area contributed by atoms with Crippen LogP contribution in [0, 0.1) is 0 Å². The Morgan fingerprint density at radius 1 is 1.13 bits per heavy atom. The first-order valence-electron chi connectivity index (χ1n) is 7.47. The van der Waals surface area contributed by atoms with E-state index in [1.54, 1.807) is 6.07 Å². The Balaban J connectivity index is 1.84. The maximum Gasteiger partial charge on any atom is 0.252 e. The highest BCUT2D eigenvalue weighted by Gasteiger charge is 2.47. The molecule has 1 N–H and O–H groups in total. The third-order valence-electron chi connectivity index (χ3n) is 4.17. The van der Waals surface area contributed by atoms with Crippen LogP contribution in [0.2, 0.25) is 10.0 Å². The van der Waals surface area contributed by atoms with Crippen LogP contribution in [0.15, 0.2) is 42.5 Å². The minimum atomic E-state index is -0.368. The van der Waals surface area contributed by atoms with E-state index in [-0.39, 0.29) is 11.4 Å². The lowest BCUT2D eigenvalue weighted by Crippen LogP contribution is -2.35. The van der Waals surface area contributed by atoms with Gasteiger partial charge in [0.2, 0.25) is 0 Å². The van der Waals surface area contributed by atoms with Crippen molar-refractivity contribution < 1.29 is 4.79 Å². The Morgan fingerprint density at radius 2 is 1.87 bits per heavy atom. The predicted molar refractivity (Wildman–Crippen MR) is 95.6 cm³/mol. The van der Waals surface area contributed by atoms with Crippen molar-refractivity contribution in [3.8, 4) is 0 Å². The molecule has 120 valence electrons. The van der Waals surface area contributed by atoms with Gasteiger partial charge in [-0.25, -0.2) is 0 Å². The van der Waals surface area contributed by atoms with Crippen LogP contribution >= 0.6 is 23.2 Å². The number of anilines is 1. The average molecular weight is 349 g/mol. The fourth-order valence-electron chi connectivity index (χ4n) is 2.68. The second kappa shape index (κ2) is 6.06. The van der Waals surface area contributed by atoms with Crippen molar-refractivity contribution in [2.24, 2.45) is 0 Å². The van der Waals surface area contributed by atoms with E-state index in [1.807, 2.05) is 55.4 Å². The molecular weight excluding hydrogens is 331 g/mol. The summed E-state index contributed by atoms with van der Waals surface area (Å²) in [6.07, 6.45) is 1.76. The monoisotopic (exact) mass is 348 g/mol. The van der Waals surface area contributed by atoms with Gasteiger partial charge >= 0.3 is 0 Å². The first-order chi connectivity index (χ1) is 10.9. The number of nitrogens with zero attached hydrogens (tertiary/aromatic N) is 1. The molecule has 0 bridgehead atoms. The van der Waals surface area contributed by atoms with Gasteiger partial charge < -0.3 is 10.2 Å². The quantitative estimate of drug-likeness (QED) is 0.883. The molecule has 1 aliphatic rings. The van der Waals surface area contributed by atoms with Crippen molar-refractivity contribution in [1.82, 2.24) is 5.32 Å². The first-order valence-corrected chi connectivity index (χ1v) is 8.22. The molecule has 5 heteroatoms. The lowest BCUT2D eigenvalue weighted by Gasteiger charge is -2.20. The van der Waals surface area contributed by atoms with Crippen LogP contribution in [0.25, 0.3) is 0 Å². The van der Waals surface area contributed by atoms with E-state index in [0.717, 1.165) is 24.1 Å². The fourth-order valence-corrected chi connectivity index (χ4v) is 3.27. The molecule has 0 aromatic heterocycles. The molecule has 1 aliphatic carbocycles. The minimum absolute atomic E-state index is 0.0859. The van der Waals surface area contributed by atoms with Crippen molar-refractivity contribution in [1.29, 1.82) is 0 Å². The van der Waals surface area contributed by atoms with Gasteiger partial charge in [-0.15, -0.1) is 0 Å². The van der Waals surface area contributed by atoms with Crippen LogP contribution < -0.4 is 10.2 Å². The summed E-state index contributed by atoms with van der Waals surface area (Å²) in [4.78, 5) is 14.6. The molecule has 2 aromatic rings. The van der Waals surface area contributed by atoms with Crippen LogP contribution in [0.3, 0.4) is 0 Å². The highest BCUT2D eigenvalue weighted by atomic mass is 35.5. The van der Waals surface area contributed by atoms with Gasteiger partial charge in [0.25, 0.3) is 5.91 Å². The van der Waals surface area contributed by atoms with Crippen molar-refractivity contribution >= 4 is 34.8 Å². The summed E-state index contributed by atoms with van der Waals surface area (Å²) in [7, 11) is 3.90. The second-order valence-corrected chi connectivity index (χ2v) is 6.95. The number of rotatable bonds is 4. The molecule has 1 fully saturated rings.